The van der Waals surface area contributed by atoms with Crippen molar-refractivity contribution in [2.24, 2.45) is 0 Å². The summed E-state index contributed by atoms with van der Waals surface area (Å²) in [5.74, 6) is -2.07. The van der Waals surface area contributed by atoms with Crippen molar-refractivity contribution in [1.82, 2.24) is 14.9 Å². The molecule has 0 aliphatic carbocycles. The van der Waals surface area contributed by atoms with E-state index in [0.717, 1.165) is 16.7 Å². The highest BCUT2D eigenvalue weighted by Crippen LogP contribution is 2.09. The molecule has 0 aliphatic heterocycles. The van der Waals surface area contributed by atoms with E-state index >= 15 is 0 Å². The predicted octanol–water partition coefficient (Wildman–Crippen LogP) is 0.729. The molecule has 116 valence electrons. The Bertz CT molecular complexity index is 774. The molecule has 1 aromatic heterocycles. The van der Waals surface area contributed by atoms with Gasteiger partial charge in [0.25, 0.3) is 5.56 Å². The fraction of sp³-hybridized carbons (Fsp3) is 0.214. The number of carbonyl (C=O) groups excluding carboxylic acids is 1. The van der Waals surface area contributed by atoms with Crippen LogP contribution in [0.25, 0.3) is 0 Å². The van der Waals surface area contributed by atoms with Gasteiger partial charge in [0.05, 0.1) is 0 Å². The fourth-order valence-electron chi connectivity index (χ4n) is 1.86. The number of carbonyl (C=O) groups is 1. The molecule has 8 heteroatoms. The largest absolute Gasteiger partial charge is 0.369 e. The minimum absolute atomic E-state index is 0.0758. The van der Waals surface area contributed by atoms with E-state index < -0.39 is 23.1 Å². The molecule has 6 nitrogen and oxygen atoms in total. The fourth-order valence-corrected chi connectivity index (χ4v) is 1.86. The molecule has 0 fully saturated rings. The summed E-state index contributed by atoms with van der Waals surface area (Å²) in [5, 5.41) is 2.43. The highest BCUT2D eigenvalue weighted by Gasteiger charge is 2.10. The van der Waals surface area contributed by atoms with Crippen LogP contribution in [0, 0.1) is 18.6 Å². The number of hydrogen-bond acceptors (Lipinski definition) is 4. The number of nitrogens with two attached hydrogens (primary N) is 1. The highest BCUT2D eigenvalue weighted by molar-refractivity contribution is 5.76. The first kappa shape index (κ1) is 15.6. The third-order valence-corrected chi connectivity index (χ3v) is 2.96. The first-order valence-electron chi connectivity index (χ1n) is 6.41. The molecule has 2 aromatic rings. The maximum Gasteiger partial charge on any atom is 0.255 e. The lowest BCUT2D eigenvalue weighted by molar-refractivity contribution is -0.121. The van der Waals surface area contributed by atoms with Crippen LogP contribution in [-0.2, 0) is 17.9 Å². The molecule has 0 saturated carbocycles. The van der Waals surface area contributed by atoms with Crippen molar-refractivity contribution in [1.29, 1.82) is 0 Å². The number of benzene rings is 1. The van der Waals surface area contributed by atoms with Crippen molar-refractivity contribution in [3.63, 3.8) is 0 Å². The number of nitrogen functional groups attached to an aromatic ring is 1. The number of aromatic nitrogens is 2. The van der Waals surface area contributed by atoms with Crippen molar-refractivity contribution < 1.29 is 13.6 Å². The summed E-state index contributed by atoms with van der Waals surface area (Å²) < 4.78 is 27.2. The normalized spacial score (nSPS) is 10.5. The monoisotopic (exact) mass is 308 g/mol. The van der Waals surface area contributed by atoms with Crippen molar-refractivity contribution in [2.75, 3.05) is 5.73 Å². The quantitative estimate of drug-likeness (QED) is 0.871. The first-order chi connectivity index (χ1) is 10.4. The van der Waals surface area contributed by atoms with Gasteiger partial charge in [0.2, 0.25) is 11.9 Å². The van der Waals surface area contributed by atoms with Crippen LogP contribution in [0.4, 0.5) is 14.7 Å². The number of rotatable bonds is 4. The molecule has 0 aliphatic rings. The Kier molecular flexibility index (Phi) is 4.50. The lowest BCUT2D eigenvalue weighted by Gasteiger charge is -2.10. The number of aryl methyl sites for hydroxylation is 1. The second-order valence-corrected chi connectivity index (χ2v) is 4.69. The summed E-state index contributed by atoms with van der Waals surface area (Å²) in [6.07, 6.45) is 0. The van der Waals surface area contributed by atoms with Gasteiger partial charge in [0, 0.05) is 29.9 Å². The molecule has 0 saturated heterocycles. The van der Waals surface area contributed by atoms with Crippen LogP contribution in [0.1, 0.15) is 11.3 Å². The van der Waals surface area contributed by atoms with E-state index in [2.05, 4.69) is 10.3 Å². The topological polar surface area (TPSA) is 90.0 Å². The van der Waals surface area contributed by atoms with Crippen LogP contribution < -0.4 is 16.6 Å². The lowest BCUT2D eigenvalue weighted by Crippen LogP contribution is -2.33. The van der Waals surface area contributed by atoms with Crippen LogP contribution in [0.2, 0.25) is 0 Å². The van der Waals surface area contributed by atoms with Gasteiger partial charge in [-0.05, 0) is 13.0 Å². The molecule has 0 spiro atoms. The molecule has 1 heterocycles. The van der Waals surface area contributed by atoms with E-state index in [-0.39, 0.29) is 24.6 Å². The van der Waals surface area contributed by atoms with Gasteiger partial charge in [-0.2, -0.15) is 0 Å². The summed E-state index contributed by atoms with van der Waals surface area (Å²) in [7, 11) is 0. The van der Waals surface area contributed by atoms with E-state index in [9.17, 15) is 18.4 Å². The number of nitrogens with zero attached hydrogens (tertiary/aromatic N) is 2. The summed E-state index contributed by atoms with van der Waals surface area (Å²) in [4.78, 5) is 27.4. The van der Waals surface area contributed by atoms with Gasteiger partial charge in [-0.3, -0.25) is 14.2 Å². The number of anilines is 1. The van der Waals surface area contributed by atoms with Crippen molar-refractivity contribution in [3.05, 3.63) is 57.5 Å². The Hall–Kier alpha value is -2.77. The molecule has 2 rings (SSSR count). The first-order valence-corrected chi connectivity index (χ1v) is 6.41. The number of halogens is 2. The van der Waals surface area contributed by atoms with Crippen LogP contribution >= 0.6 is 0 Å². The summed E-state index contributed by atoms with van der Waals surface area (Å²) in [5.41, 5.74) is 5.73. The van der Waals surface area contributed by atoms with E-state index in [1.165, 1.54) is 12.1 Å². The van der Waals surface area contributed by atoms with Crippen molar-refractivity contribution in [2.45, 2.75) is 20.0 Å². The van der Waals surface area contributed by atoms with Crippen molar-refractivity contribution >= 4 is 11.9 Å². The number of hydrogen-bond donors (Lipinski definition) is 2. The van der Waals surface area contributed by atoms with Crippen molar-refractivity contribution in [3.8, 4) is 0 Å². The number of nitrogens with one attached hydrogen (secondary N) is 1. The summed E-state index contributed by atoms with van der Waals surface area (Å²) in [6, 6.07) is 4.31. The number of amides is 1. The molecule has 0 unspecified atom stereocenters. The lowest BCUT2D eigenvalue weighted by atomic mass is 10.2. The van der Waals surface area contributed by atoms with Gasteiger partial charge in [-0.1, -0.05) is 6.07 Å². The molecule has 1 aromatic carbocycles. The maximum atomic E-state index is 13.4. The van der Waals surface area contributed by atoms with Gasteiger partial charge in [0.15, 0.2) is 0 Å². The highest BCUT2D eigenvalue weighted by atomic mass is 19.1. The van der Waals surface area contributed by atoms with Gasteiger partial charge >= 0.3 is 0 Å². The van der Waals surface area contributed by atoms with Gasteiger partial charge in [0.1, 0.15) is 18.2 Å². The van der Waals surface area contributed by atoms with Crippen LogP contribution in [-0.4, -0.2) is 15.5 Å². The standard InChI is InChI=1S/C14H14F2N4O2/c1-8-4-13(22)20(14(17)19-8)7-12(21)18-6-9-2-3-10(15)5-11(9)16/h2-5H,6-7H2,1H3,(H2,17,19)(H,18,21). The Morgan fingerprint density at radius 3 is 2.73 bits per heavy atom. The third-order valence-electron chi connectivity index (χ3n) is 2.96. The Morgan fingerprint density at radius 2 is 2.09 bits per heavy atom. The Morgan fingerprint density at radius 1 is 1.36 bits per heavy atom. The zero-order chi connectivity index (χ0) is 16.3. The molecular formula is C14H14F2N4O2. The third kappa shape index (κ3) is 3.66. The van der Waals surface area contributed by atoms with Crippen LogP contribution in [0.5, 0.6) is 0 Å². The average molecular weight is 308 g/mol. The van der Waals surface area contributed by atoms with Gasteiger partial charge < -0.3 is 11.1 Å². The molecule has 3 N–H and O–H groups in total. The smallest absolute Gasteiger partial charge is 0.255 e. The minimum atomic E-state index is -0.756. The van der Waals surface area contributed by atoms with E-state index in [1.807, 2.05) is 0 Å². The van der Waals surface area contributed by atoms with E-state index in [0.29, 0.717) is 5.69 Å². The maximum absolute atomic E-state index is 13.4. The Balaban J connectivity index is 2.03. The minimum Gasteiger partial charge on any atom is -0.369 e. The zero-order valence-electron chi connectivity index (χ0n) is 11.8. The average Bonchev–Trinajstić information content (AvgIpc) is 2.42. The zero-order valence-corrected chi connectivity index (χ0v) is 11.8. The van der Waals surface area contributed by atoms with E-state index in [1.54, 1.807) is 6.92 Å². The Labute approximate surface area is 124 Å². The molecule has 1 amide bonds. The molecule has 0 atom stereocenters. The SMILES string of the molecule is Cc1cc(=O)n(CC(=O)NCc2ccc(F)cc2F)c(N)n1. The molecule has 0 bridgehead atoms. The van der Waals surface area contributed by atoms with E-state index in [4.69, 9.17) is 5.73 Å². The van der Waals surface area contributed by atoms with Crippen LogP contribution in [0.15, 0.2) is 29.1 Å². The molecule has 0 radical (unpaired) electrons. The molecular weight excluding hydrogens is 294 g/mol. The van der Waals surface area contributed by atoms with Crippen LogP contribution in [0.3, 0.4) is 0 Å². The second-order valence-electron chi connectivity index (χ2n) is 4.69. The summed E-state index contributed by atoms with van der Waals surface area (Å²) in [6.45, 7) is 1.15. The summed E-state index contributed by atoms with van der Waals surface area (Å²) >= 11 is 0. The predicted molar refractivity (Wildman–Crippen MR) is 75.9 cm³/mol. The molecule has 22 heavy (non-hydrogen) atoms. The second kappa shape index (κ2) is 6.33. The van der Waals surface area contributed by atoms with Gasteiger partial charge in [-0.25, -0.2) is 13.8 Å². The van der Waals surface area contributed by atoms with Gasteiger partial charge in [-0.15, -0.1) is 0 Å².